The molecule has 1 saturated heterocycles. The maximum absolute atomic E-state index is 3.36. The summed E-state index contributed by atoms with van der Waals surface area (Å²) in [5.41, 5.74) is 0. The second-order valence-corrected chi connectivity index (χ2v) is 2.41. The van der Waals surface area contributed by atoms with E-state index in [0.717, 1.165) is 6.04 Å². The molecule has 1 nitrogen and oxygen atoms in total. The summed E-state index contributed by atoms with van der Waals surface area (Å²) in [6.07, 6.45) is 4.50. The largest absolute Gasteiger partial charge is 0.314 e. The standard InChI is InChI=1S/C5H11N.C3H6/c1-5-3-2-4-6-5;1-3-2/h5-6H,2-4H2,1H3;3H,1H2,2H3. The lowest BCUT2D eigenvalue weighted by Gasteiger charge is -1.95. The highest BCUT2D eigenvalue weighted by Gasteiger charge is 2.05. The first kappa shape index (κ1) is 8.70. The number of allylic oxidation sites excluding steroid dienone is 1. The first-order valence-electron chi connectivity index (χ1n) is 3.61. The predicted octanol–water partition coefficient (Wildman–Crippen LogP) is 1.95. The molecule has 1 aliphatic heterocycles. The van der Waals surface area contributed by atoms with Gasteiger partial charge in [0.05, 0.1) is 0 Å². The van der Waals surface area contributed by atoms with E-state index in [1.807, 2.05) is 6.92 Å². The van der Waals surface area contributed by atoms with E-state index >= 15 is 0 Å². The molecular weight excluding hydrogens is 110 g/mol. The highest BCUT2D eigenvalue weighted by atomic mass is 14.9. The second-order valence-electron chi connectivity index (χ2n) is 2.41. The lowest BCUT2D eigenvalue weighted by atomic mass is 10.3. The average Bonchev–Trinajstić information content (AvgIpc) is 2.20. The van der Waals surface area contributed by atoms with Gasteiger partial charge in [-0.05, 0) is 33.2 Å². The molecule has 0 amide bonds. The molecule has 0 aliphatic carbocycles. The van der Waals surface area contributed by atoms with E-state index in [4.69, 9.17) is 0 Å². The van der Waals surface area contributed by atoms with Crippen LogP contribution in [0.2, 0.25) is 0 Å². The molecule has 1 unspecified atom stereocenters. The van der Waals surface area contributed by atoms with Crippen molar-refractivity contribution in [3.8, 4) is 0 Å². The van der Waals surface area contributed by atoms with Crippen LogP contribution in [0, 0.1) is 0 Å². The summed E-state index contributed by atoms with van der Waals surface area (Å²) in [5.74, 6) is 0. The molecule has 1 atom stereocenters. The van der Waals surface area contributed by atoms with Crippen molar-refractivity contribution in [3.05, 3.63) is 12.7 Å². The molecule has 0 bridgehead atoms. The Hall–Kier alpha value is -0.300. The molecule has 1 aliphatic rings. The molecule has 0 radical (unpaired) electrons. The van der Waals surface area contributed by atoms with Gasteiger partial charge in [0.2, 0.25) is 0 Å². The van der Waals surface area contributed by atoms with E-state index in [1.54, 1.807) is 6.08 Å². The molecule has 0 saturated carbocycles. The van der Waals surface area contributed by atoms with Gasteiger partial charge >= 0.3 is 0 Å². The average molecular weight is 127 g/mol. The smallest absolute Gasteiger partial charge is 0.00391 e. The van der Waals surface area contributed by atoms with Crippen LogP contribution in [0.25, 0.3) is 0 Å². The van der Waals surface area contributed by atoms with Crippen LogP contribution in [0.5, 0.6) is 0 Å². The Labute approximate surface area is 58.2 Å². The van der Waals surface area contributed by atoms with Crippen molar-refractivity contribution in [1.29, 1.82) is 0 Å². The summed E-state index contributed by atoms with van der Waals surface area (Å²) < 4.78 is 0. The quantitative estimate of drug-likeness (QED) is 0.490. The Morgan fingerprint density at radius 1 is 1.67 bits per heavy atom. The second kappa shape index (κ2) is 5.83. The van der Waals surface area contributed by atoms with Gasteiger partial charge in [-0.25, -0.2) is 0 Å². The lowest BCUT2D eigenvalue weighted by Crippen LogP contribution is -2.16. The predicted molar refractivity (Wildman–Crippen MR) is 42.6 cm³/mol. The number of hydrogen-bond donors (Lipinski definition) is 1. The molecule has 1 heteroatoms. The maximum Gasteiger partial charge on any atom is 0.00391 e. The van der Waals surface area contributed by atoms with Crippen molar-refractivity contribution in [2.24, 2.45) is 0 Å². The van der Waals surface area contributed by atoms with Crippen molar-refractivity contribution < 1.29 is 0 Å². The summed E-state index contributed by atoms with van der Waals surface area (Å²) in [6, 6.07) is 0.796. The summed E-state index contributed by atoms with van der Waals surface area (Å²) >= 11 is 0. The molecule has 1 heterocycles. The van der Waals surface area contributed by atoms with Crippen LogP contribution >= 0.6 is 0 Å². The van der Waals surface area contributed by atoms with Crippen LogP contribution in [0.4, 0.5) is 0 Å². The summed E-state index contributed by atoms with van der Waals surface area (Å²) in [6.45, 7) is 8.72. The highest BCUT2D eigenvalue weighted by Crippen LogP contribution is 2.01. The van der Waals surface area contributed by atoms with E-state index in [1.165, 1.54) is 19.4 Å². The van der Waals surface area contributed by atoms with Gasteiger partial charge in [0.1, 0.15) is 0 Å². The van der Waals surface area contributed by atoms with Gasteiger partial charge in [-0.15, -0.1) is 6.58 Å². The van der Waals surface area contributed by atoms with Gasteiger partial charge in [-0.1, -0.05) is 6.08 Å². The first-order valence-corrected chi connectivity index (χ1v) is 3.61. The number of hydrogen-bond acceptors (Lipinski definition) is 1. The fourth-order valence-corrected chi connectivity index (χ4v) is 0.859. The zero-order chi connectivity index (χ0) is 7.11. The van der Waals surface area contributed by atoms with Crippen molar-refractivity contribution in [2.45, 2.75) is 32.7 Å². The van der Waals surface area contributed by atoms with Gasteiger partial charge in [-0.2, -0.15) is 0 Å². The van der Waals surface area contributed by atoms with Crippen molar-refractivity contribution in [2.75, 3.05) is 6.54 Å². The van der Waals surface area contributed by atoms with Gasteiger partial charge in [0.15, 0.2) is 0 Å². The van der Waals surface area contributed by atoms with Crippen molar-refractivity contribution >= 4 is 0 Å². The fourth-order valence-electron chi connectivity index (χ4n) is 0.859. The van der Waals surface area contributed by atoms with Crippen LogP contribution in [-0.2, 0) is 0 Å². The number of rotatable bonds is 0. The highest BCUT2D eigenvalue weighted by molar-refractivity contribution is 4.67. The lowest BCUT2D eigenvalue weighted by molar-refractivity contribution is 0.664. The molecule has 0 aromatic rings. The molecule has 0 spiro atoms. The first-order chi connectivity index (χ1) is 4.31. The van der Waals surface area contributed by atoms with Gasteiger partial charge in [0.25, 0.3) is 0 Å². The zero-order valence-electron chi connectivity index (χ0n) is 6.48. The third-order valence-corrected chi connectivity index (χ3v) is 1.31. The van der Waals surface area contributed by atoms with Crippen molar-refractivity contribution in [3.63, 3.8) is 0 Å². The Kier molecular flexibility index (Phi) is 5.64. The van der Waals surface area contributed by atoms with E-state index in [0.29, 0.717) is 0 Å². The molecule has 0 aromatic carbocycles. The molecule has 9 heavy (non-hydrogen) atoms. The molecule has 0 aromatic heterocycles. The summed E-state index contributed by atoms with van der Waals surface area (Å²) in [5, 5.41) is 3.32. The summed E-state index contributed by atoms with van der Waals surface area (Å²) in [4.78, 5) is 0. The minimum absolute atomic E-state index is 0.796. The molecule has 1 fully saturated rings. The minimum atomic E-state index is 0.796. The Morgan fingerprint density at radius 2 is 2.22 bits per heavy atom. The van der Waals surface area contributed by atoms with E-state index in [2.05, 4.69) is 18.8 Å². The van der Waals surface area contributed by atoms with Crippen LogP contribution in [0.3, 0.4) is 0 Å². The zero-order valence-corrected chi connectivity index (χ0v) is 6.48. The van der Waals surface area contributed by atoms with Gasteiger partial charge in [0, 0.05) is 6.04 Å². The van der Waals surface area contributed by atoms with Crippen LogP contribution < -0.4 is 5.32 Å². The van der Waals surface area contributed by atoms with Crippen molar-refractivity contribution in [1.82, 2.24) is 5.32 Å². The van der Waals surface area contributed by atoms with Crippen LogP contribution in [0.1, 0.15) is 26.7 Å². The number of nitrogens with one attached hydrogen (secondary N) is 1. The van der Waals surface area contributed by atoms with E-state index in [-0.39, 0.29) is 0 Å². The minimum Gasteiger partial charge on any atom is -0.314 e. The van der Waals surface area contributed by atoms with Gasteiger partial charge in [-0.3, -0.25) is 0 Å². The monoisotopic (exact) mass is 127 g/mol. The Morgan fingerprint density at radius 3 is 2.33 bits per heavy atom. The van der Waals surface area contributed by atoms with Crippen LogP contribution in [0.15, 0.2) is 12.7 Å². The SMILES string of the molecule is C=CC.CC1CCCN1. The maximum atomic E-state index is 3.36. The van der Waals surface area contributed by atoms with E-state index < -0.39 is 0 Å². The summed E-state index contributed by atoms with van der Waals surface area (Å²) in [7, 11) is 0. The molecule has 1 rings (SSSR count). The van der Waals surface area contributed by atoms with Gasteiger partial charge < -0.3 is 5.32 Å². The molecular formula is C8H17N. The normalized spacial score (nSPS) is 24.4. The third kappa shape index (κ3) is 5.57. The fraction of sp³-hybridized carbons (Fsp3) is 0.750. The Balaban J connectivity index is 0.000000187. The molecule has 1 N–H and O–H groups in total. The third-order valence-electron chi connectivity index (χ3n) is 1.31. The Bertz CT molecular complexity index is 63.0. The topological polar surface area (TPSA) is 12.0 Å². The van der Waals surface area contributed by atoms with E-state index in [9.17, 15) is 0 Å². The van der Waals surface area contributed by atoms with Crippen LogP contribution in [-0.4, -0.2) is 12.6 Å². The molecule has 54 valence electrons.